The Morgan fingerprint density at radius 3 is 1.89 bits per heavy atom. The predicted octanol–water partition coefficient (Wildman–Crippen LogP) is 4.82. The summed E-state index contributed by atoms with van der Waals surface area (Å²) in [7, 11) is 0. The first-order valence-corrected chi connectivity index (χ1v) is 8.77. The Morgan fingerprint density at radius 2 is 1.42 bits per heavy atom. The molecular formula is C16H32O2S. The monoisotopic (exact) mass is 288 g/mol. The third kappa shape index (κ3) is 8.93. The minimum Gasteiger partial charge on any atom is -0.350 e. The highest BCUT2D eigenvalue weighted by atomic mass is 32.1. The van der Waals surface area contributed by atoms with Gasteiger partial charge in [0.25, 0.3) is 0 Å². The van der Waals surface area contributed by atoms with Crippen molar-refractivity contribution < 1.29 is 9.47 Å². The molecule has 2 atom stereocenters. The van der Waals surface area contributed by atoms with Crippen molar-refractivity contribution in [2.75, 3.05) is 12.4 Å². The van der Waals surface area contributed by atoms with Gasteiger partial charge in [-0.1, -0.05) is 58.8 Å². The van der Waals surface area contributed by atoms with Crippen LogP contribution in [0, 0.1) is 5.92 Å². The fourth-order valence-electron chi connectivity index (χ4n) is 2.37. The van der Waals surface area contributed by atoms with Crippen LogP contribution in [0.2, 0.25) is 0 Å². The summed E-state index contributed by atoms with van der Waals surface area (Å²) in [6, 6.07) is 0. The Kier molecular flexibility index (Phi) is 10.0. The van der Waals surface area contributed by atoms with E-state index in [4.69, 9.17) is 9.47 Å². The quantitative estimate of drug-likeness (QED) is 0.298. The largest absolute Gasteiger partial charge is 0.350 e. The van der Waals surface area contributed by atoms with Gasteiger partial charge in [0.1, 0.15) is 6.10 Å². The molecule has 19 heavy (non-hydrogen) atoms. The van der Waals surface area contributed by atoms with E-state index < -0.39 is 0 Å². The molecule has 1 saturated heterocycles. The smallest absolute Gasteiger partial charge is 0.184 e. The average molecular weight is 288 g/mol. The van der Waals surface area contributed by atoms with E-state index in [-0.39, 0.29) is 6.29 Å². The van der Waals surface area contributed by atoms with Gasteiger partial charge in [0.15, 0.2) is 6.29 Å². The lowest BCUT2D eigenvalue weighted by molar-refractivity contribution is 0.0478. The third-order valence-corrected chi connectivity index (χ3v) is 4.04. The molecule has 114 valence electrons. The van der Waals surface area contributed by atoms with E-state index in [1.54, 1.807) is 0 Å². The van der Waals surface area contributed by atoms with E-state index in [1.165, 1.54) is 57.8 Å². The first-order valence-electron chi connectivity index (χ1n) is 8.13. The van der Waals surface area contributed by atoms with E-state index in [1.807, 2.05) is 0 Å². The van der Waals surface area contributed by atoms with E-state index in [2.05, 4.69) is 26.5 Å². The van der Waals surface area contributed by atoms with Crippen molar-refractivity contribution in [1.29, 1.82) is 0 Å². The highest BCUT2D eigenvalue weighted by molar-refractivity contribution is 7.80. The lowest BCUT2D eigenvalue weighted by Crippen LogP contribution is -2.06. The van der Waals surface area contributed by atoms with Crippen LogP contribution in [0.1, 0.15) is 71.6 Å². The lowest BCUT2D eigenvalue weighted by Gasteiger charge is -2.03. The molecule has 1 heterocycles. The summed E-state index contributed by atoms with van der Waals surface area (Å²) in [4.78, 5) is 0. The zero-order chi connectivity index (χ0) is 13.9. The van der Waals surface area contributed by atoms with E-state index in [0.717, 1.165) is 12.4 Å². The summed E-state index contributed by atoms with van der Waals surface area (Å²) >= 11 is 4.23. The van der Waals surface area contributed by atoms with Crippen molar-refractivity contribution in [2.24, 2.45) is 5.92 Å². The summed E-state index contributed by atoms with van der Waals surface area (Å²) in [5.41, 5.74) is 0. The summed E-state index contributed by atoms with van der Waals surface area (Å²) in [6.45, 7) is 5.24. The van der Waals surface area contributed by atoms with Crippen LogP contribution < -0.4 is 0 Å². The van der Waals surface area contributed by atoms with E-state index in [0.29, 0.717) is 12.0 Å². The molecule has 0 aromatic carbocycles. The maximum atomic E-state index is 5.67. The van der Waals surface area contributed by atoms with Crippen LogP contribution in [0.5, 0.6) is 0 Å². The molecule has 0 aliphatic carbocycles. The van der Waals surface area contributed by atoms with Gasteiger partial charge in [-0.15, -0.1) is 0 Å². The van der Waals surface area contributed by atoms with Crippen molar-refractivity contribution in [1.82, 2.24) is 0 Å². The Balaban J connectivity index is 1.70. The molecule has 0 aromatic heterocycles. The molecule has 0 aromatic rings. The van der Waals surface area contributed by atoms with Gasteiger partial charge in [0, 0.05) is 6.61 Å². The zero-order valence-corrected chi connectivity index (χ0v) is 13.7. The molecule has 1 aliphatic heterocycles. The number of hydrogen-bond acceptors (Lipinski definition) is 3. The normalized spacial score (nSPS) is 22.1. The van der Waals surface area contributed by atoms with Crippen molar-refractivity contribution >= 4 is 12.6 Å². The van der Waals surface area contributed by atoms with Gasteiger partial charge < -0.3 is 9.47 Å². The molecule has 2 nitrogen and oxygen atoms in total. The van der Waals surface area contributed by atoms with Gasteiger partial charge in [-0.25, -0.2) is 0 Å². The van der Waals surface area contributed by atoms with Crippen LogP contribution in [-0.2, 0) is 9.47 Å². The SMILES string of the molecule is CC(C)C1OC1OCCCCCCCCCCCS. The number of ether oxygens (including phenoxy) is 2. The Labute approximate surface area is 125 Å². The number of unbranched alkanes of at least 4 members (excludes halogenated alkanes) is 8. The number of thiol groups is 1. The first kappa shape index (κ1) is 17.3. The topological polar surface area (TPSA) is 21.8 Å². The summed E-state index contributed by atoms with van der Waals surface area (Å²) < 4.78 is 11.1. The molecule has 0 N–H and O–H groups in total. The second-order valence-electron chi connectivity index (χ2n) is 5.99. The molecular weight excluding hydrogens is 256 g/mol. The molecule has 1 rings (SSSR count). The summed E-state index contributed by atoms with van der Waals surface area (Å²) in [6.07, 6.45) is 12.5. The Hall–Kier alpha value is 0.270. The first-order chi connectivity index (χ1) is 9.25. The highest BCUT2D eigenvalue weighted by Crippen LogP contribution is 2.30. The minimum atomic E-state index is 0.104. The fraction of sp³-hybridized carbons (Fsp3) is 1.00. The van der Waals surface area contributed by atoms with Gasteiger partial charge in [-0.3, -0.25) is 0 Å². The predicted molar refractivity (Wildman–Crippen MR) is 84.9 cm³/mol. The van der Waals surface area contributed by atoms with Crippen molar-refractivity contribution in [3.05, 3.63) is 0 Å². The standard InChI is InChI=1S/C16H32O2S/c1-14(2)15-16(18-15)17-12-10-8-6-4-3-5-7-9-11-13-19/h14-16,19H,3-13H2,1-2H3. The number of hydrogen-bond donors (Lipinski definition) is 1. The molecule has 0 saturated carbocycles. The van der Waals surface area contributed by atoms with E-state index in [9.17, 15) is 0 Å². The molecule has 3 heteroatoms. The maximum absolute atomic E-state index is 5.67. The fourth-order valence-corrected chi connectivity index (χ4v) is 2.59. The van der Waals surface area contributed by atoms with Gasteiger partial charge >= 0.3 is 0 Å². The number of rotatable bonds is 13. The molecule has 0 radical (unpaired) electrons. The van der Waals surface area contributed by atoms with E-state index >= 15 is 0 Å². The van der Waals surface area contributed by atoms with Crippen molar-refractivity contribution in [3.63, 3.8) is 0 Å². The number of epoxide rings is 1. The van der Waals surface area contributed by atoms with Crippen LogP contribution >= 0.6 is 12.6 Å². The second kappa shape index (κ2) is 11.0. The van der Waals surface area contributed by atoms with Crippen LogP contribution in [0.3, 0.4) is 0 Å². The molecule has 2 unspecified atom stereocenters. The summed E-state index contributed by atoms with van der Waals surface area (Å²) in [5.74, 6) is 1.63. The van der Waals surface area contributed by atoms with Crippen molar-refractivity contribution in [2.45, 2.75) is 84.0 Å². The van der Waals surface area contributed by atoms with Crippen LogP contribution in [-0.4, -0.2) is 24.8 Å². The van der Waals surface area contributed by atoms with Gasteiger partial charge in [-0.2, -0.15) is 12.6 Å². The molecule has 0 amide bonds. The Morgan fingerprint density at radius 1 is 0.895 bits per heavy atom. The minimum absolute atomic E-state index is 0.104. The van der Waals surface area contributed by atoms with Crippen molar-refractivity contribution in [3.8, 4) is 0 Å². The molecule has 1 fully saturated rings. The lowest BCUT2D eigenvalue weighted by atomic mass is 10.1. The van der Waals surface area contributed by atoms with Crippen LogP contribution in [0.15, 0.2) is 0 Å². The van der Waals surface area contributed by atoms with Gasteiger partial charge in [0.2, 0.25) is 0 Å². The average Bonchev–Trinajstić information content (AvgIpc) is 3.16. The molecule has 1 aliphatic rings. The molecule has 0 bridgehead atoms. The van der Waals surface area contributed by atoms with Crippen LogP contribution in [0.25, 0.3) is 0 Å². The second-order valence-corrected chi connectivity index (χ2v) is 6.44. The Bertz CT molecular complexity index is 209. The maximum Gasteiger partial charge on any atom is 0.184 e. The third-order valence-electron chi connectivity index (χ3n) is 3.72. The van der Waals surface area contributed by atoms with Crippen LogP contribution in [0.4, 0.5) is 0 Å². The zero-order valence-electron chi connectivity index (χ0n) is 12.8. The van der Waals surface area contributed by atoms with Gasteiger partial charge in [0.05, 0.1) is 0 Å². The molecule has 0 spiro atoms. The highest BCUT2D eigenvalue weighted by Gasteiger charge is 2.41. The summed E-state index contributed by atoms with van der Waals surface area (Å²) in [5, 5.41) is 0. The van der Waals surface area contributed by atoms with Gasteiger partial charge in [-0.05, 0) is 24.5 Å².